The van der Waals surface area contributed by atoms with E-state index in [4.69, 9.17) is 0 Å². The third-order valence-electron chi connectivity index (χ3n) is 4.65. The van der Waals surface area contributed by atoms with Crippen molar-refractivity contribution in [2.45, 2.75) is 63.5 Å². The molecule has 3 unspecified atom stereocenters. The van der Waals surface area contributed by atoms with Crippen LogP contribution in [0.25, 0.3) is 0 Å². The van der Waals surface area contributed by atoms with E-state index in [0.717, 1.165) is 6.42 Å². The molecule has 3 rings (SSSR count). The van der Waals surface area contributed by atoms with Crippen molar-refractivity contribution in [3.05, 3.63) is 21.9 Å². The maximum atomic E-state index is 9.38. The lowest BCUT2D eigenvalue weighted by Crippen LogP contribution is -2.38. The van der Waals surface area contributed by atoms with Crippen LogP contribution in [0, 0.1) is 17.2 Å². The summed E-state index contributed by atoms with van der Waals surface area (Å²) in [6, 6.07) is 5.73. The van der Waals surface area contributed by atoms with Crippen LogP contribution >= 0.6 is 11.3 Å². The van der Waals surface area contributed by atoms with Gasteiger partial charge in [0.25, 0.3) is 0 Å². The number of thiophene rings is 1. The van der Waals surface area contributed by atoms with E-state index in [1.165, 1.54) is 50.5 Å². The second-order valence-corrected chi connectivity index (χ2v) is 6.89. The standard InChI is InChI=1S/C16H22N2S/c17-11-12-5-2-1-3-6-14(12)18-15-7-4-8-16-13(15)9-10-19-16/h9-10,12,14-15,18H,1-8H2. The molecule has 1 fully saturated rings. The van der Waals surface area contributed by atoms with Crippen molar-refractivity contribution >= 4 is 11.3 Å². The van der Waals surface area contributed by atoms with Crippen molar-refractivity contribution < 1.29 is 0 Å². The Kier molecular flexibility index (Phi) is 4.20. The average molecular weight is 274 g/mol. The molecule has 19 heavy (non-hydrogen) atoms. The predicted molar refractivity (Wildman–Crippen MR) is 79.1 cm³/mol. The van der Waals surface area contributed by atoms with Crippen LogP contribution < -0.4 is 5.32 Å². The molecule has 0 radical (unpaired) electrons. The number of aryl methyl sites for hydroxylation is 1. The quantitative estimate of drug-likeness (QED) is 0.821. The van der Waals surface area contributed by atoms with E-state index >= 15 is 0 Å². The third-order valence-corrected chi connectivity index (χ3v) is 5.65. The van der Waals surface area contributed by atoms with Gasteiger partial charge in [0.1, 0.15) is 0 Å². The number of nitrogens with zero attached hydrogens (tertiary/aromatic N) is 1. The minimum Gasteiger partial charge on any atom is -0.306 e. The summed E-state index contributed by atoms with van der Waals surface area (Å²) in [7, 11) is 0. The lowest BCUT2D eigenvalue weighted by Gasteiger charge is -2.30. The Bertz CT molecular complexity index is 460. The first-order valence-electron chi connectivity index (χ1n) is 7.60. The molecular weight excluding hydrogens is 252 g/mol. The SMILES string of the molecule is N#CC1CCCCCC1NC1CCCc2sccc21. The molecule has 3 heteroatoms. The fourth-order valence-corrected chi connectivity index (χ4v) is 4.57. The van der Waals surface area contributed by atoms with Gasteiger partial charge in [-0.2, -0.15) is 5.26 Å². The summed E-state index contributed by atoms with van der Waals surface area (Å²) in [6.07, 6.45) is 9.82. The predicted octanol–water partition coefficient (Wildman–Crippen LogP) is 4.19. The Balaban J connectivity index is 1.72. The smallest absolute Gasteiger partial charge is 0.0672 e. The monoisotopic (exact) mass is 274 g/mol. The van der Waals surface area contributed by atoms with Gasteiger partial charge in [0.2, 0.25) is 0 Å². The van der Waals surface area contributed by atoms with Crippen LogP contribution in [0.4, 0.5) is 0 Å². The van der Waals surface area contributed by atoms with Crippen LogP contribution in [0.15, 0.2) is 11.4 Å². The van der Waals surface area contributed by atoms with Gasteiger partial charge in [0, 0.05) is 17.0 Å². The van der Waals surface area contributed by atoms with Crippen LogP contribution in [0.1, 0.15) is 61.4 Å². The lowest BCUT2D eigenvalue weighted by atomic mass is 9.90. The van der Waals surface area contributed by atoms with E-state index in [2.05, 4.69) is 22.8 Å². The molecule has 2 nitrogen and oxygen atoms in total. The first kappa shape index (κ1) is 13.1. The lowest BCUT2D eigenvalue weighted by molar-refractivity contribution is 0.331. The highest BCUT2D eigenvalue weighted by molar-refractivity contribution is 7.10. The molecule has 1 heterocycles. The van der Waals surface area contributed by atoms with E-state index < -0.39 is 0 Å². The van der Waals surface area contributed by atoms with Crippen molar-refractivity contribution in [1.82, 2.24) is 5.32 Å². The zero-order valence-corrected chi connectivity index (χ0v) is 12.2. The Labute approximate surface area is 119 Å². The Morgan fingerprint density at radius 3 is 2.95 bits per heavy atom. The van der Waals surface area contributed by atoms with E-state index in [0.29, 0.717) is 12.1 Å². The molecule has 1 saturated carbocycles. The minimum atomic E-state index is 0.214. The van der Waals surface area contributed by atoms with Gasteiger partial charge >= 0.3 is 0 Å². The Hall–Kier alpha value is -0.850. The number of fused-ring (bicyclic) bond motifs is 1. The molecule has 0 amide bonds. The highest BCUT2D eigenvalue weighted by atomic mass is 32.1. The Morgan fingerprint density at radius 1 is 1.16 bits per heavy atom. The van der Waals surface area contributed by atoms with Crippen molar-refractivity contribution in [2.75, 3.05) is 0 Å². The highest BCUT2D eigenvalue weighted by Crippen LogP contribution is 2.35. The van der Waals surface area contributed by atoms with Crippen molar-refractivity contribution in [1.29, 1.82) is 5.26 Å². The van der Waals surface area contributed by atoms with Gasteiger partial charge in [-0.1, -0.05) is 19.3 Å². The first-order chi connectivity index (χ1) is 9.38. The zero-order chi connectivity index (χ0) is 13.1. The van der Waals surface area contributed by atoms with Gasteiger partial charge in [0.05, 0.1) is 12.0 Å². The molecule has 0 bridgehead atoms. The van der Waals surface area contributed by atoms with E-state index in [1.807, 2.05) is 11.3 Å². The van der Waals surface area contributed by atoms with Crippen LogP contribution in [-0.4, -0.2) is 6.04 Å². The van der Waals surface area contributed by atoms with Crippen LogP contribution in [0.5, 0.6) is 0 Å². The number of hydrogen-bond donors (Lipinski definition) is 1. The fraction of sp³-hybridized carbons (Fsp3) is 0.688. The topological polar surface area (TPSA) is 35.8 Å². The van der Waals surface area contributed by atoms with Gasteiger partial charge in [-0.25, -0.2) is 0 Å². The number of hydrogen-bond acceptors (Lipinski definition) is 3. The zero-order valence-electron chi connectivity index (χ0n) is 11.4. The van der Waals surface area contributed by atoms with E-state index in [1.54, 1.807) is 4.88 Å². The minimum absolute atomic E-state index is 0.214. The van der Waals surface area contributed by atoms with Gasteiger partial charge in [-0.3, -0.25) is 0 Å². The summed E-state index contributed by atoms with van der Waals surface area (Å²) >= 11 is 1.90. The third kappa shape index (κ3) is 2.85. The molecule has 2 aliphatic carbocycles. The molecule has 0 spiro atoms. The number of nitriles is 1. The molecule has 0 saturated heterocycles. The molecule has 102 valence electrons. The summed E-state index contributed by atoms with van der Waals surface area (Å²) in [5.74, 6) is 0.214. The molecule has 1 aromatic heterocycles. The highest BCUT2D eigenvalue weighted by Gasteiger charge is 2.28. The summed E-state index contributed by atoms with van der Waals surface area (Å²) in [6.45, 7) is 0. The fourth-order valence-electron chi connectivity index (χ4n) is 3.58. The molecule has 3 atom stereocenters. The van der Waals surface area contributed by atoms with Crippen molar-refractivity contribution in [3.8, 4) is 6.07 Å². The summed E-state index contributed by atoms with van der Waals surface area (Å²) in [4.78, 5) is 1.56. The van der Waals surface area contributed by atoms with Gasteiger partial charge in [-0.05, 0) is 49.1 Å². The Morgan fingerprint density at radius 2 is 2.05 bits per heavy atom. The summed E-state index contributed by atoms with van der Waals surface area (Å²) in [5, 5.41) is 15.4. The molecule has 0 aliphatic heterocycles. The van der Waals surface area contributed by atoms with Crippen molar-refractivity contribution in [2.24, 2.45) is 5.92 Å². The summed E-state index contributed by atoms with van der Waals surface area (Å²) in [5.41, 5.74) is 1.51. The first-order valence-corrected chi connectivity index (χ1v) is 8.48. The number of nitrogens with one attached hydrogen (secondary N) is 1. The summed E-state index contributed by atoms with van der Waals surface area (Å²) < 4.78 is 0. The van der Waals surface area contributed by atoms with Gasteiger partial charge in [0.15, 0.2) is 0 Å². The largest absolute Gasteiger partial charge is 0.306 e. The average Bonchev–Trinajstić information content (AvgIpc) is 2.80. The van der Waals surface area contributed by atoms with Gasteiger partial charge in [-0.15, -0.1) is 11.3 Å². The second-order valence-electron chi connectivity index (χ2n) is 5.89. The normalized spacial score (nSPS) is 31.2. The van der Waals surface area contributed by atoms with Crippen molar-refractivity contribution in [3.63, 3.8) is 0 Å². The number of rotatable bonds is 2. The second kappa shape index (κ2) is 6.07. The maximum Gasteiger partial charge on any atom is 0.0672 e. The molecule has 1 N–H and O–H groups in total. The van der Waals surface area contributed by atoms with E-state index in [-0.39, 0.29) is 5.92 Å². The molecule has 1 aromatic rings. The molecular formula is C16H22N2S. The van der Waals surface area contributed by atoms with Crippen LogP contribution in [-0.2, 0) is 6.42 Å². The molecule has 0 aromatic carbocycles. The maximum absolute atomic E-state index is 9.38. The van der Waals surface area contributed by atoms with Crippen LogP contribution in [0.2, 0.25) is 0 Å². The van der Waals surface area contributed by atoms with Crippen LogP contribution in [0.3, 0.4) is 0 Å². The van der Waals surface area contributed by atoms with E-state index in [9.17, 15) is 5.26 Å². The molecule has 2 aliphatic rings. The van der Waals surface area contributed by atoms with Gasteiger partial charge < -0.3 is 5.32 Å².